The van der Waals surface area contributed by atoms with Crippen LogP contribution in [0.5, 0.6) is 0 Å². The number of benzene rings is 1. The number of nitrogens with one attached hydrogen (secondary N) is 1. The molecule has 1 aliphatic heterocycles. The molecule has 1 aromatic carbocycles. The highest BCUT2D eigenvalue weighted by Gasteiger charge is 2.44. The van der Waals surface area contributed by atoms with E-state index in [2.05, 4.69) is 26.0 Å². The van der Waals surface area contributed by atoms with Crippen molar-refractivity contribution in [1.82, 2.24) is 5.32 Å². The molecule has 1 fully saturated rings. The quantitative estimate of drug-likeness (QED) is 0.662. The van der Waals surface area contributed by atoms with Crippen LogP contribution in [0, 0.1) is 17.6 Å². The number of amides is 1. The van der Waals surface area contributed by atoms with Crippen LogP contribution in [0.1, 0.15) is 11.5 Å². The first-order valence-corrected chi connectivity index (χ1v) is 6.25. The number of esters is 1. The van der Waals surface area contributed by atoms with Crippen molar-refractivity contribution in [1.29, 1.82) is 0 Å². The van der Waals surface area contributed by atoms with Gasteiger partial charge in [0.2, 0.25) is 5.91 Å². The van der Waals surface area contributed by atoms with Gasteiger partial charge in [-0.3, -0.25) is 9.59 Å². The Kier molecular flexibility index (Phi) is 3.84. The maximum absolute atomic E-state index is 13.9. The van der Waals surface area contributed by atoms with Crippen molar-refractivity contribution in [2.24, 2.45) is 5.92 Å². The van der Waals surface area contributed by atoms with Gasteiger partial charge in [0.1, 0.15) is 17.6 Å². The second-order valence-electron chi connectivity index (χ2n) is 4.14. The smallest absolute Gasteiger partial charge is 0.318 e. The highest BCUT2D eigenvalue weighted by molar-refractivity contribution is 9.10. The van der Waals surface area contributed by atoms with E-state index in [1.807, 2.05) is 0 Å². The minimum Gasteiger partial charge on any atom is -0.468 e. The molecule has 0 bridgehead atoms. The van der Waals surface area contributed by atoms with Gasteiger partial charge < -0.3 is 10.1 Å². The summed E-state index contributed by atoms with van der Waals surface area (Å²) < 4.78 is 32.5. The molecule has 1 aliphatic rings. The maximum atomic E-state index is 13.9. The second kappa shape index (κ2) is 5.24. The average molecular weight is 334 g/mol. The van der Waals surface area contributed by atoms with E-state index in [1.54, 1.807) is 0 Å². The largest absolute Gasteiger partial charge is 0.468 e. The van der Waals surface area contributed by atoms with Crippen LogP contribution in [0.4, 0.5) is 8.78 Å². The molecule has 2 atom stereocenters. The average Bonchev–Trinajstić information content (AvgIpc) is 2.69. The zero-order chi connectivity index (χ0) is 14.2. The Balaban J connectivity index is 2.46. The van der Waals surface area contributed by atoms with Gasteiger partial charge in [-0.2, -0.15) is 0 Å². The van der Waals surface area contributed by atoms with Crippen LogP contribution in [0.2, 0.25) is 0 Å². The molecule has 0 aromatic heterocycles. The molecule has 4 nitrogen and oxygen atoms in total. The van der Waals surface area contributed by atoms with Crippen LogP contribution >= 0.6 is 15.9 Å². The number of rotatable bonds is 2. The van der Waals surface area contributed by atoms with Gasteiger partial charge >= 0.3 is 5.97 Å². The first-order valence-electron chi connectivity index (χ1n) is 5.45. The fraction of sp³-hybridized carbons (Fsp3) is 0.333. The molecule has 7 heteroatoms. The topological polar surface area (TPSA) is 55.4 Å². The third-order valence-electron chi connectivity index (χ3n) is 3.05. The molecular weight excluding hydrogens is 324 g/mol. The summed E-state index contributed by atoms with van der Waals surface area (Å²) in [5.74, 6) is -5.13. The monoisotopic (exact) mass is 333 g/mol. The highest BCUT2D eigenvalue weighted by atomic mass is 79.9. The Morgan fingerprint density at radius 1 is 1.42 bits per heavy atom. The number of carbonyl (C=O) groups is 2. The molecule has 1 saturated heterocycles. The van der Waals surface area contributed by atoms with E-state index in [0.717, 1.165) is 19.2 Å². The van der Waals surface area contributed by atoms with E-state index in [-0.39, 0.29) is 16.6 Å². The third-order valence-corrected chi connectivity index (χ3v) is 3.51. The van der Waals surface area contributed by atoms with E-state index in [0.29, 0.717) is 0 Å². The fourth-order valence-electron chi connectivity index (χ4n) is 2.20. The normalized spacial score (nSPS) is 22.2. The molecule has 1 aromatic rings. The SMILES string of the molecule is COC(=O)[C@@H]1C(=O)NC[C@H]1c1c(F)cc(Br)cc1F. The van der Waals surface area contributed by atoms with Crippen molar-refractivity contribution >= 4 is 27.8 Å². The van der Waals surface area contributed by atoms with Gasteiger partial charge in [-0.05, 0) is 12.1 Å². The first-order chi connectivity index (χ1) is 8.95. The van der Waals surface area contributed by atoms with Crippen LogP contribution in [0.25, 0.3) is 0 Å². The summed E-state index contributed by atoms with van der Waals surface area (Å²) in [5, 5.41) is 2.42. The summed E-state index contributed by atoms with van der Waals surface area (Å²) in [4.78, 5) is 23.1. The predicted octanol–water partition coefficient (Wildman–Crippen LogP) is 1.73. The van der Waals surface area contributed by atoms with Crippen LogP contribution in [-0.2, 0) is 14.3 Å². The van der Waals surface area contributed by atoms with E-state index < -0.39 is 35.3 Å². The Hall–Kier alpha value is -1.50. The van der Waals surface area contributed by atoms with Crippen molar-refractivity contribution in [3.8, 4) is 0 Å². The molecular formula is C12H10BrF2NO3. The summed E-state index contributed by atoms with van der Waals surface area (Å²) in [6.45, 7) is -0.00588. The van der Waals surface area contributed by atoms with Crippen molar-refractivity contribution in [2.45, 2.75) is 5.92 Å². The van der Waals surface area contributed by atoms with Gasteiger partial charge in [0, 0.05) is 22.5 Å². The van der Waals surface area contributed by atoms with E-state index in [1.165, 1.54) is 0 Å². The first kappa shape index (κ1) is 13.9. The molecule has 102 valence electrons. The molecule has 0 saturated carbocycles. The van der Waals surface area contributed by atoms with Gasteiger partial charge in [-0.1, -0.05) is 15.9 Å². The molecule has 0 spiro atoms. The minimum absolute atomic E-state index is 0.00588. The Bertz CT molecular complexity index is 527. The number of hydrogen-bond acceptors (Lipinski definition) is 3. The zero-order valence-electron chi connectivity index (χ0n) is 9.88. The van der Waals surface area contributed by atoms with Gasteiger partial charge in [0.05, 0.1) is 7.11 Å². The lowest BCUT2D eigenvalue weighted by molar-refractivity contribution is -0.149. The Morgan fingerprint density at radius 3 is 2.53 bits per heavy atom. The molecule has 1 heterocycles. The van der Waals surface area contributed by atoms with Gasteiger partial charge in [-0.25, -0.2) is 8.78 Å². The van der Waals surface area contributed by atoms with Crippen molar-refractivity contribution in [2.75, 3.05) is 13.7 Å². The lowest BCUT2D eigenvalue weighted by Gasteiger charge is -2.16. The number of methoxy groups -OCH3 is 1. The molecule has 19 heavy (non-hydrogen) atoms. The summed E-state index contributed by atoms with van der Waals surface area (Å²) >= 11 is 2.97. The standard InChI is InChI=1S/C12H10BrF2NO3/c1-19-12(18)10-6(4-16-11(10)17)9-7(14)2-5(13)3-8(9)15/h2-3,6,10H,4H2,1H3,(H,16,17)/t6-,10-/m0/s1. The Labute approximate surface area is 116 Å². The molecule has 0 radical (unpaired) electrons. The van der Waals surface area contributed by atoms with Gasteiger partial charge in [-0.15, -0.1) is 0 Å². The number of carbonyl (C=O) groups excluding carboxylic acids is 2. The van der Waals surface area contributed by atoms with Gasteiger partial charge in [0.15, 0.2) is 0 Å². The molecule has 1 amide bonds. The van der Waals surface area contributed by atoms with Crippen LogP contribution in [-0.4, -0.2) is 25.5 Å². The second-order valence-corrected chi connectivity index (χ2v) is 5.05. The zero-order valence-corrected chi connectivity index (χ0v) is 11.5. The number of halogens is 3. The predicted molar refractivity (Wildman–Crippen MR) is 65.3 cm³/mol. The van der Waals surface area contributed by atoms with Crippen molar-refractivity contribution < 1.29 is 23.1 Å². The number of hydrogen-bond donors (Lipinski definition) is 1. The lowest BCUT2D eigenvalue weighted by atomic mass is 9.88. The van der Waals surface area contributed by atoms with Crippen molar-refractivity contribution in [3.63, 3.8) is 0 Å². The summed E-state index contributed by atoms with van der Waals surface area (Å²) in [7, 11) is 1.12. The highest BCUT2D eigenvalue weighted by Crippen LogP contribution is 2.34. The van der Waals surface area contributed by atoms with Gasteiger partial charge in [0.25, 0.3) is 0 Å². The minimum atomic E-state index is -1.23. The Morgan fingerprint density at radius 2 is 2.00 bits per heavy atom. The van der Waals surface area contributed by atoms with E-state index in [9.17, 15) is 18.4 Å². The van der Waals surface area contributed by atoms with Crippen LogP contribution in [0.15, 0.2) is 16.6 Å². The number of ether oxygens (including phenoxy) is 1. The summed E-state index contributed by atoms with van der Waals surface area (Å²) in [6.07, 6.45) is 0. The fourth-order valence-corrected chi connectivity index (χ4v) is 2.60. The summed E-state index contributed by atoms with van der Waals surface area (Å²) in [6, 6.07) is 2.19. The van der Waals surface area contributed by atoms with E-state index >= 15 is 0 Å². The van der Waals surface area contributed by atoms with Crippen molar-refractivity contribution in [3.05, 3.63) is 33.8 Å². The molecule has 2 rings (SSSR count). The summed E-state index contributed by atoms with van der Waals surface area (Å²) in [5.41, 5.74) is -0.281. The molecule has 0 aliphatic carbocycles. The van der Waals surface area contributed by atoms with E-state index in [4.69, 9.17) is 0 Å². The van der Waals surface area contributed by atoms with Crippen LogP contribution in [0.3, 0.4) is 0 Å². The molecule has 1 N–H and O–H groups in total. The van der Waals surface area contributed by atoms with Crippen LogP contribution < -0.4 is 5.32 Å². The maximum Gasteiger partial charge on any atom is 0.318 e. The third kappa shape index (κ3) is 2.47. The lowest BCUT2D eigenvalue weighted by Crippen LogP contribution is -2.28. The molecule has 0 unspecified atom stereocenters.